The van der Waals surface area contributed by atoms with Crippen LogP contribution in [0.3, 0.4) is 0 Å². The number of rotatable bonds is 4. The van der Waals surface area contributed by atoms with Gasteiger partial charge in [0, 0.05) is 11.3 Å². The molecule has 3 amide bonds. The van der Waals surface area contributed by atoms with Crippen LogP contribution in [0.15, 0.2) is 48.5 Å². The van der Waals surface area contributed by atoms with Crippen LogP contribution in [0.4, 0.5) is 11.4 Å². The van der Waals surface area contributed by atoms with Crippen LogP contribution >= 0.6 is 0 Å². The average Bonchev–Trinajstić information content (AvgIpc) is 3.42. The Morgan fingerprint density at radius 1 is 0.900 bits per heavy atom. The van der Waals surface area contributed by atoms with Crippen molar-refractivity contribution in [2.75, 3.05) is 10.2 Å². The lowest BCUT2D eigenvalue weighted by Gasteiger charge is -2.19. The number of anilines is 2. The fourth-order valence-corrected chi connectivity index (χ4v) is 5.34. The summed E-state index contributed by atoms with van der Waals surface area (Å²) in [7, 11) is 0. The average molecular weight is 403 g/mol. The minimum atomic E-state index is -1.29. The molecule has 0 spiro atoms. The molecule has 0 radical (unpaired) electrons. The van der Waals surface area contributed by atoms with Crippen LogP contribution in [-0.2, 0) is 9.59 Å². The second kappa shape index (κ2) is 6.79. The van der Waals surface area contributed by atoms with Crippen LogP contribution in [0.2, 0.25) is 0 Å². The Morgan fingerprint density at radius 3 is 2.13 bits per heavy atom. The van der Waals surface area contributed by atoms with Gasteiger partial charge in [0.05, 0.1) is 23.5 Å². The maximum Gasteiger partial charge on any atom is 0.255 e. The minimum absolute atomic E-state index is 0.0144. The van der Waals surface area contributed by atoms with E-state index in [-0.39, 0.29) is 29.2 Å². The van der Waals surface area contributed by atoms with Gasteiger partial charge in [-0.3, -0.25) is 19.3 Å². The fraction of sp³-hybridized carbons (Fsp3) is 0.304. The number of carbonyl (C=O) groups is 4. The van der Waals surface area contributed by atoms with Gasteiger partial charge in [-0.1, -0.05) is 18.2 Å². The van der Waals surface area contributed by atoms with Gasteiger partial charge in [0.25, 0.3) is 5.91 Å². The molecule has 5 rings (SSSR count). The molecule has 2 aromatic rings. The topological polar surface area (TPSA) is 107 Å². The smallest absolute Gasteiger partial charge is 0.255 e. The molecule has 3 fully saturated rings. The SMILES string of the molecule is O=C([O-])c1ccc(NC(=O)c2cccc(N3C(=O)[C@H]4[C@H]5CC[C@@H](C5)[C@@H]4C3=O)c2)cc1. The first kappa shape index (κ1) is 18.5. The van der Waals surface area contributed by atoms with E-state index in [4.69, 9.17) is 0 Å². The highest BCUT2D eigenvalue weighted by Gasteiger charge is 2.61. The summed E-state index contributed by atoms with van der Waals surface area (Å²) < 4.78 is 0. The predicted octanol–water partition coefficient (Wildman–Crippen LogP) is 1.84. The van der Waals surface area contributed by atoms with Crippen LogP contribution in [0, 0.1) is 23.7 Å². The van der Waals surface area contributed by atoms with Crippen molar-refractivity contribution >= 4 is 35.1 Å². The zero-order chi connectivity index (χ0) is 21.0. The Bertz CT molecular complexity index is 1050. The van der Waals surface area contributed by atoms with Gasteiger partial charge in [-0.15, -0.1) is 0 Å². The van der Waals surface area contributed by atoms with E-state index in [1.165, 1.54) is 29.2 Å². The predicted molar refractivity (Wildman–Crippen MR) is 105 cm³/mol. The number of nitrogens with zero attached hydrogens (tertiary/aromatic N) is 1. The number of amides is 3. The number of nitrogens with one attached hydrogen (secondary N) is 1. The Morgan fingerprint density at radius 2 is 1.53 bits per heavy atom. The summed E-state index contributed by atoms with van der Waals surface area (Å²) >= 11 is 0. The van der Waals surface area contributed by atoms with E-state index in [1.54, 1.807) is 24.3 Å². The Labute approximate surface area is 172 Å². The summed E-state index contributed by atoms with van der Waals surface area (Å²) in [4.78, 5) is 50.7. The maximum absolute atomic E-state index is 13.0. The van der Waals surface area contributed by atoms with Crippen molar-refractivity contribution in [1.29, 1.82) is 0 Å². The van der Waals surface area contributed by atoms with E-state index >= 15 is 0 Å². The first-order valence-electron chi connectivity index (χ1n) is 10.0. The van der Waals surface area contributed by atoms with Crippen LogP contribution in [0.25, 0.3) is 0 Å². The number of carbonyl (C=O) groups excluding carboxylic acids is 4. The third-order valence-corrected chi connectivity index (χ3v) is 6.67. The molecule has 2 aliphatic carbocycles. The first-order valence-corrected chi connectivity index (χ1v) is 10.0. The second-order valence-electron chi connectivity index (χ2n) is 8.27. The second-order valence-corrected chi connectivity index (χ2v) is 8.27. The van der Waals surface area contributed by atoms with Crippen LogP contribution in [0.5, 0.6) is 0 Å². The molecule has 152 valence electrons. The maximum atomic E-state index is 13.0. The number of hydrogen-bond acceptors (Lipinski definition) is 5. The van der Waals surface area contributed by atoms with Crippen molar-refractivity contribution in [3.05, 3.63) is 59.7 Å². The summed E-state index contributed by atoms with van der Waals surface area (Å²) in [6, 6.07) is 12.1. The monoisotopic (exact) mass is 403 g/mol. The summed E-state index contributed by atoms with van der Waals surface area (Å²) in [6.07, 6.45) is 3.00. The zero-order valence-corrected chi connectivity index (χ0v) is 16.0. The van der Waals surface area contributed by atoms with E-state index in [1.807, 2.05) is 0 Å². The number of imide groups is 1. The van der Waals surface area contributed by atoms with Crippen molar-refractivity contribution < 1.29 is 24.3 Å². The van der Waals surface area contributed by atoms with Crippen molar-refractivity contribution in [3.63, 3.8) is 0 Å². The Balaban J connectivity index is 1.37. The van der Waals surface area contributed by atoms with Gasteiger partial charge in [-0.2, -0.15) is 0 Å². The molecule has 1 saturated heterocycles. The quantitative estimate of drug-likeness (QED) is 0.784. The number of hydrogen-bond donors (Lipinski definition) is 1. The minimum Gasteiger partial charge on any atom is -0.545 e. The van der Waals surface area contributed by atoms with Crippen LogP contribution in [0.1, 0.15) is 40.0 Å². The molecule has 2 aromatic carbocycles. The number of benzene rings is 2. The third-order valence-electron chi connectivity index (χ3n) is 6.67. The van der Waals surface area contributed by atoms with Crippen molar-refractivity contribution in [3.8, 4) is 0 Å². The van der Waals surface area contributed by atoms with Crippen LogP contribution in [-0.4, -0.2) is 23.7 Å². The largest absolute Gasteiger partial charge is 0.545 e. The normalized spacial score (nSPS) is 26.7. The molecule has 1 N–H and O–H groups in total. The fourth-order valence-electron chi connectivity index (χ4n) is 5.34. The van der Waals surface area contributed by atoms with Gasteiger partial charge in [0.2, 0.25) is 11.8 Å². The highest BCUT2D eigenvalue weighted by molar-refractivity contribution is 6.23. The summed E-state index contributed by atoms with van der Waals surface area (Å²) in [5, 5.41) is 13.5. The molecule has 7 nitrogen and oxygen atoms in total. The van der Waals surface area contributed by atoms with E-state index in [2.05, 4.69) is 5.32 Å². The molecule has 0 unspecified atom stereocenters. The molecule has 2 saturated carbocycles. The highest BCUT2D eigenvalue weighted by atomic mass is 16.4. The van der Waals surface area contributed by atoms with Gasteiger partial charge >= 0.3 is 0 Å². The van der Waals surface area contributed by atoms with Gasteiger partial charge in [0.15, 0.2) is 0 Å². The molecule has 0 aromatic heterocycles. The molecule has 3 aliphatic rings. The molecule has 7 heteroatoms. The van der Waals surface area contributed by atoms with E-state index in [0.29, 0.717) is 28.8 Å². The van der Waals surface area contributed by atoms with E-state index in [0.717, 1.165) is 19.3 Å². The lowest BCUT2D eigenvalue weighted by molar-refractivity contribution is -0.255. The summed E-state index contributed by atoms with van der Waals surface area (Å²) in [6.45, 7) is 0. The van der Waals surface area contributed by atoms with E-state index in [9.17, 15) is 24.3 Å². The third kappa shape index (κ3) is 2.81. The number of fused-ring (bicyclic) bond motifs is 5. The van der Waals surface area contributed by atoms with Crippen LogP contribution < -0.4 is 15.3 Å². The summed E-state index contributed by atoms with van der Waals surface area (Å²) in [5.74, 6) is -1.82. The zero-order valence-electron chi connectivity index (χ0n) is 16.0. The molecular weight excluding hydrogens is 384 g/mol. The lowest BCUT2D eigenvalue weighted by Crippen LogP contribution is -2.33. The highest BCUT2D eigenvalue weighted by Crippen LogP contribution is 2.56. The van der Waals surface area contributed by atoms with Gasteiger partial charge in [-0.25, -0.2) is 0 Å². The standard InChI is InChI=1S/C23H20N2O5/c26-20(24-16-8-6-12(7-9-16)23(29)30)15-2-1-3-17(11-15)25-21(27)18-13-4-5-14(10-13)19(18)22(25)28/h1-3,6-9,11,13-14,18-19H,4-5,10H2,(H,24,26)(H,29,30)/p-1/t13-,14-,18-,19-/m0/s1. The summed E-state index contributed by atoms with van der Waals surface area (Å²) in [5.41, 5.74) is 1.16. The van der Waals surface area contributed by atoms with Crippen molar-refractivity contribution in [2.24, 2.45) is 23.7 Å². The molecule has 2 bridgehead atoms. The van der Waals surface area contributed by atoms with Crippen molar-refractivity contribution in [1.82, 2.24) is 0 Å². The number of carboxylic acid groups (broad SMARTS) is 1. The molecular formula is C23H19N2O5-. The van der Waals surface area contributed by atoms with E-state index < -0.39 is 11.9 Å². The molecule has 4 atom stereocenters. The molecule has 30 heavy (non-hydrogen) atoms. The first-order chi connectivity index (χ1) is 14.4. The number of aromatic carboxylic acids is 1. The van der Waals surface area contributed by atoms with Gasteiger partial charge in [0.1, 0.15) is 0 Å². The number of carboxylic acids is 1. The Hall–Kier alpha value is -3.48. The lowest BCUT2D eigenvalue weighted by atomic mass is 9.81. The van der Waals surface area contributed by atoms with Crippen molar-refractivity contribution in [2.45, 2.75) is 19.3 Å². The molecule has 1 heterocycles. The molecule has 1 aliphatic heterocycles. The van der Waals surface area contributed by atoms with Gasteiger partial charge < -0.3 is 15.2 Å². The van der Waals surface area contributed by atoms with Gasteiger partial charge in [-0.05, 0) is 67.0 Å². The Kier molecular flexibility index (Phi) is 4.20.